The second-order valence-electron chi connectivity index (χ2n) is 3.16. The Balaban J connectivity index is 3.64. The van der Waals surface area contributed by atoms with Crippen LogP contribution in [0.3, 0.4) is 0 Å². The minimum absolute atomic E-state index is 0.483. The lowest BCUT2D eigenvalue weighted by Gasteiger charge is -2.16. The fourth-order valence-corrected chi connectivity index (χ4v) is 1.88. The van der Waals surface area contributed by atoms with E-state index in [1.807, 2.05) is 0 Å². The number of hydrogen-bond acceptors (Lipinski definition) is 3. The maximum absolute atomic E-state index is 11.0. The molecule has 0 heterocycles. The number of methoxy groups -OCH3 is 2. The van der Waals surface area contributed by atoms with Gasteiger partial charge in [-0.1, -0.05) is 11.6 Å². The van der Waals surface area contributed by atoms with Gasteiger partial charge in [-0.05, 0) is 13.8 Å². The highest BCUT2D eigenvalue weighted by Crippen LogP contribution is 2.40. The summed E-state index contributed by atoms with van der Waals surface area (Å²) in [6.45, 7) is 3.56. The van der Waals surface area contributed by atoms with Gasteiger partial charge in [0.05, 0.1) is 24.8 Å². The van der Waals surface area contributed by atoms with Crippen LogP contribution in [-0.2, 0) is 0 Å². The van der Waals surface area contributed by atoms with Crippen molar-refractivity contribution in [2.75, 3.05) is 14.2 Å². The van der Waals surface area contributed by atoms with E-state index in [1.54, 1.807) is 13.8 Å². The summed E-state index contributed by atoms with van der Waals surface area (Å²) >= 11 is 6.09. The van der Waals surface area contributed by atoms with Gasteiger partial charge in [-0.2, -0.15) is 0 Å². The van der Waals surface area contributed by atoms with Crippen LogP contribution in [0.1, 0.15) is 21.5 Å². The molecule has 0 aliphatic heterocycles. The van der Waals surface area contributed by atoms with Gasteiger partial charge in [0, 0.05) is 11.1 Å². The van der Waals surface area contributed by atoms with Gasteiger partial charge in [0.1, 0.15) is 11.5 Å². The molecular weight excluding hydrogens is 216 g/mol. The molecule has 3 nitrogen and oxygen atoms in total. The molecule has 0 aromatic heterocycles. The zero-order valence-corrected chi connectivity index (χ0v) is 9.94. The van der Waals surface area contributed by atoms with Gasteiger partial charge in [0.2, 0.25) is 0 Å². The second kappa shape index (κ2) is 4.53. The first-order valence-corrected chi connectivity index (χ1v) is 4.82. The van der Waals surface area contributed by atoms with Crippen molar-refractivity contribution >= 4 is 17.9 Å². The maximum Gasteiger partial charge on any atom is 0.154 e. The number of benzene rings is 1. The van der Waals surface area contributed by atoms with Crippen molar-refractivity contribution in [3.63, 3.8) is 0 Å². The lowest BCUT2D eigenvalue weighted by atomic mass is 10.0. The molecule has 15 heavy (non-hydrogen) atoms. The van der Waals surface area contributed by atoms with Crippen LogP contribution in [0, 0.1) is 13.8 Å². The molecule has 0 radical (unpaired) electrons. The summed E-state index contributed by atoms with van der Waals surface area (Å²) in [5.74, 6) is 1.03. The molecule has 1 aromatic rings. The Bertz CT molecular complexity index is 400. The van der Waals surface area contributed by atoms with Crippen LogP contribution in [-0.4, -0.2) is 20.5 Å². The molecule has 0 bridgehead atoms. The average molecular weight is 229 g/mol. The molecule has 0 amide bonds. The van der Waals surface area contributed by atoms with Crippen molar-refractivity contribution in [1.29, 1.82) is 0 Å². The van der Waals surface area contributed by atoms with E-state index in [0.29, 0.717) is 33.2 Å². The Kier molecular flexibility index (Phi) is 3.58. The van der Waals surface area contributed by atoms with E-state index in [4.69, 9.17) is 21.1 Å². The van der Waals surface area contributed by atoms with Gasteiger partial charge in [0.15, 0.2) is 6.29 Å². The molecule has 0 spiro atoms. The van der Waals surface area contributed by atoms with Crippen LogP contribution < -0.4 is 9.47 Å². The van der Waals surface area contributed by atoms with Gasteiger partial charge in [-0.25, -0.2) is 0 Å². The highest BCUT2D eigenvalue weighted by Gasteiger charge is 2.19. The summed E-state index contributed by atoms with van der Waals surface area (Å²) in [6.07, 6.45) is 0.750. The second-order valence-corrected chi connectivity index (χ2v) is 3.54. The Morgan fingerprint density at radius 1 is 1.07 bits per heavy atom. The van der Waals surface area contributed by atoms with E-state index in [2.05, 4.69) is 0 Å². The Morgan fingerprint density at radius 2 is 1.60 bits per heavy atom. The Morgan fingerprint density at radius 3 is 2.00 bits per heavy atom. The van der Waals surface area contributed by atoms with Crippen LogP contribution in [0.25, 0.3) is 0 Å². The molecule has 1 rings (SSSR count). The van der Waals surface area contributed by atoms with E-state index in [1.165, 1.54) is 14.2 Å². The molecular formula is C11H13ClO3. The number of aldehydes is 1. The van der Waals surface area contributed by atoms with Crippen LogP contribution >= 0.6 is 11.6 Å². The number of ether oxygens (including phenoxy) is 2. The quantitative estimate of drug-likeness (QED) is 0.747. The topological polar surface area (TPSA) is 35.5 Å². The molecule has 1 aromatic carbocycles. The summed E-state index contributed by atoms with van der Waals surface area (Å²) in [6, 6.07) is 0. The standard InChI is InChI=1S/C11H13ClO3/c1-6-8(5-13)10(14-3)7(2)9(12)11(6)15-4/h5H,1-4H3. The van der Waals surface area contributed by atoms with Crippen molar-refractivity contribution < 1.29 is 14.3 Å². The SMILES string of the molecule is COc1c(C)c(C=O)c(OC)c(C)c1Cl. The summed E-state index contributed by atoms with van der Waals surface area (Å²) in [7, 11) is 3.03. The van der Waals surface area contributed by atoms with Crippen LogP contribution in [0.4, 0.5) is 0 Å². The Labute approximate surface area is 93.9 Å². The lowest BCUT2D eigenvalue weighted by molar-refractivity contribution is 0.111. The van der Waals surface area contributed by atoms with Crippen molar-refractivity contribution in [1.82, 2.24) is 0 Å². The van der Waals surface area contributed by atoms with Crippen molar-refractivity contribution in [2.45, 2.75) is 13.8 Å². The van der Waals surface area contributed by atoms with E-state index in [-0.39, 0.29) is 0 Å². The largest absolute Gasteiger partial charge is 0.496 e. The first-order valence-electron chi connectivity index (χ1n) is 4.44. The van der Waals surface area contributed by atoms with Crippen molar-refractivity contribution in [2.24, 2.45) is 0 Å². The predicted molar refractivity (Wildman–Crippen MR) is 59.4 cm³/mol. The van der Waals surface area contributed by atoms with Gasteiger partial charge < -0.3 is 9.47 Å². The Hall–Kier alpha value is -1.22. The van der Waals surface area contributed by atoms with Crippen molar-refractivity contribution in [3.8, 4) is 11.5 Å². The number of hydrogen-bond donors (Lipinski definition) is 0. The highest BCUT2D eigenvalue weighted by molar-refractivity contribution is 6.33. The molecule has 0 unspecified atom stereocenters. The highest BCUT2D eigenvalue weighted by atomic mass is 35.5. The monoisotopic (exact) mass is 228 g/mol. The number of carbonyl (C=O) groups excluding carboxylic acids is 1. The lowest BCUT2D eigenvalue weighted by Crippen LogP contribution is -2.01. The third kappa shape index (κ3) is 1.79. The third-order valence-electron chi connectivity index (χ3n) is 2.38. The van der Waals surface area contributed by atoms with Crippen LogP contribution in [0.15, 0.2) is 0 Å². The molecule has 0 saturated carbocycles. The number of rotatable bonds is 3. The first kappa shape index (κ1) is 11.9. The molecule has 0 fully saturated rings. The van der Waals surface area contributed by atoms with E-state index < -0.39 is 0 Å². The predicted octanol–water partition coefficient (Wildman–Crippen LogP) is 2.79. The van der Waals surface area contributed by atoms with E-state index in [9.17, 15) is 4.79 Å². The molecule has 0 aliphatic carbocycles. The fraction of sp³-hybridized carbons (Fsp3) is 0.364. The molecule has 4 heteroatoms. The van der Waals surface area contributed by atoms with Crippen LogP contribution in [0.5, 0.6) is 11.5 Å². The smallest absolute Gasteiger partial charge is 0.154 e. The van der Waals surface area contributed by atoms with E-state index >= 15 is 0 Å². The number of carbonyl (C=O) groups is 1. The zero-order chi connectivity index (χ0) is 11.6. The third-order valence-corrected chi connectivity index (χ3v) is 2.84. The molecule has 0 N–H and O–H groups in total. The minimum Gasteiger partial charge on any atom is -0.496 e. The molecule has 0 saturated heterocycles. The van der Waals surface area contributed by atoms with Gasteiger partial charge in [0.25, 0.3) is 0 Å². The summed E-state index contributed by atoms with van der Waals surface area (Å²) in [5.41, 5.74) is 1.89. The maximum atomic E-state index is 11.0. The minimum atomic E-state index is 0.483. The first-order chi connectivity index (χ1) is 7.08. The summed E-state index contributed by atoms with van der Waals surface area (Å²) in [5, 5.41) is 0.484. The zero-order valence-electron chi connectivity index (χ0n) is 9.18. The van der Waals surface area contributed by atoms with Crippen LogP contribution in [0.2, 0.25) is 5.02 Å². The fourth-order valence-electron chi connectivity index (χ4n) is 1.58. The number of halogens is 1. The molecule has 82 valence electrons. The van der Waals surface area contributed by atoms with Gasteiger partial charge >= 0.3 is 0 Å². The van der Waals surface area contributed by atoms with Gasteiger partial charge in [-0.3, -0.25) is 4.79 Å². The molecule has 0 aliphatic rings. The van der Waals surface area contributed by atoms with E-state index in [0.717, 1.165) is 6.29 Å². The molecule has 0 atom stereocenters. The average Bonchev–Trinajstić information content (AvgIpc) is 2.23. The summed E-state index contributed by atoms with van der Waals surface area (Å²) in [4.78, 5) is 11.0. The summed E-state index contributed by atoms with van der Waals surface area (Å²) < 4.78 is 10.3. The normalized spacial score (nSPS) is 9.93. The van der Waals surface area contributed by atoms with Gasteiger partial charge in [-0.15, -0.1) is 0 Å². The van der Waals surface area contributed by atoms with Crippen molar-refractivity contribution in [3.05, 3.63) is 21.7 Å².